The van der Waals surface area contributed by atoms with Gasteiger partial charge in [-0.1, -0.05) is 6.58 Å². The fourth-order valence-corrected chi connectivity index (χ4v) is 1.16. The summed E-state index contributed by atoms with van der Waals surface area (Å²) in [4.78, 5) is 1.24. The summed E-state index contributed by atoms with van der Waals surface area (Å²) in [5.41, 5.74) is 0. The van der Waals surface area contributed by atoms with Gasteiger partial charge in [-0.05, 0) is 30.5 Å². The molecule has 58 valence electrons. The normalized spacial score (nSPS) is 9.18. The monoisotopic (exact) mass is 166 g/mol. The fraction of sp³-hybridized carbons (Fsp3) is 0.111. The van der Waals surface area contributed by atoms with Gasteiger partial charge in [0, 0.05) is 4.90 Å². The Morgan fingerprint density at radius 2 is 2.00 bits per heavy atom. The molecule has 1 aromatic rings. The van der Waals surface area contributed by atoms with E-state index in [4.69, 9.17) is 4.74 Å². The number of ether oxygens (including phenoxy) is 1. The number of thioether (sulfide) groups is 1. The molecular weight excluding hydrogens is 156 g/mol. The van der Waals surface area contributed by atoms with Crippen molar-refractivity contribution in [3.63, 3.8) is 0 Å². The van der Waals surface area contributed by atoms with Gasteiger partial charge in [0.05, 0.1) is 6.26 Å². The predicted octanol–water partition coefficient (Wildman–Crippen LogP) is 2.93. The Bertz CT molecular complexity index is 228. The molecule has 0 aliphatic rings. The minimum absolute atomic E-state index is 0.831. The van der Waals surface area contributed by atoms with Crippen LogP contribution in [-0.4, -0.2) is 6.26 Å². The summed E-state index contributed by atoms with van der Waals surface area (Å²) in [6.07, 6.45) is 3.47. The largest absolute Gasteiger partial charge is 0.466 e. The Morgan fingerprint density at radius 3 is 2.45 bits per heavy atom. The average Bonchev–Trinajstić information content (AvgIpc) is 2.07. The van der Waals surface area contributed by atoms with Crippen LogP contribution >= 0.6 is 11.8 Å². The van der Waals surface area contributed by atoms with Crippen LogP contribution in [0.4, 0.5) is 0 Å². The standard InChI is InChI=1S/C9H10OS/c1-3-10-8-4-6-9(11-2)7-5-8/h3-7H,1H2,2H3. The molecule has 11 heavy (non-hydrogen) atoms. The van der Waals surface area contributed by atoms with Crippen LogP contribution in [0.2, 0.25) is 0 Å². The van der Waals surface area contributed by atoms with Crippen LogP contribution in [0.1, 0.15) is 0 Å². The van der Waals surface area contributed by atoms with E-state index in [2.05, 4.69) is 6.58 Å². The highest BCUT2D eigenvalue weighted by molar-refractivity contribution is 7.98. The minimum atomic E-state index is 0.831. The van der Waals surface area contributed by atoms with Crippen LogP contribution in [0.3, 0.4) is 0 Å². The Morgan fingerprint density at radius 1 is 1.36 bits per heavy atom. The van der Waals surface area contributed by atoms with E-state index in [-0.39, 0.29) is 0 Å². The van der Waals surface area contributed by atoms with Gasteiger partial charge in [0.2, 0.25) is 0 Å². The van der Waals surface area contributed by atoms with Gasteiger partial charge in [-0.25, -0.2) is 0 Å². The van der Waals surface area contributed by atoms with Crippen molar-refractivity contribution in [3.8, 4) is 5.75 Å². The van der Waals surface area contributed by atoms with E-state index in [0.29, 0.717) is 0 Å². The van der Waals surface area contributed by atoms with Crippen LogP contribution in [0.5, 0.6) is 5.75 Å². The molecule has 0 aromatic heterocycles. The third-order valence-corrected chi connectivity index (χ3v) is 2.02. The molecule has 0 saturated heterocycles. The molecule has 0 heterocycles. The zero-order valence-electron chi connectivity index (χ0n) is 6.41. The third kappa shape index (κ3) is 2.31. The Hall–Kier alpha value is -0.890. The number of hydrogen-bond acceptors (Lipinski definition) is 2. The third-order valence-electron chi connectivity index (χ3n) is 1.28. The van der Waals surface area contributed by atoms with Crippen molar-refractivity contribution in [2.24, 2.45) is 0 Å². The van der Waals surface area contributed by atoms with E-state index in [9.17, 15) is 0 Å². The Labute approximate surface area is 71.1 Å². The van der Waals surface area contributed by atoms with Crippen LogP contribution in [-0.2, 0) is 0 Å². The maximum Gasteiger partial charge on any atom is 0.126 e. The first kappa shape index (κ1) is 8.21. The van der Waals surface area contributed by atoms with Crippen LogP contribution < -0.4 is 4.74 Å². The van der Waals surface area contributed by atoms with E-state index in [0.717, 1.165) is 5.75 Å². The first-order chi connectivity index (χ1) is 5.36. The molecule has 0 bridgehead atoms. The second kappa shape index (κ2) is 4.09. The first-order valence-electron chi connectivity index (χ1n) is 3.28. The molecule has 0 saturated carbocycles. The summed E-state index contributed by atoms with van der Waals surface area (Å²) in [6.45, 7) is 3.47. The van der Waals surface area contributed by atoms with Crippen LogP contribution in [0.15, 0.2) is 42.0 Å². The van der Waals surface area contributed by atoms with Crippen LogP contribution in [0.25, 0.3) is 0 Å². The van der Waals surface area contributed by atoms with Crippen molar-refractivity contribution < 1.29 is 4.74 Å². The van der Waals surface area contributed by atoms with Crippen molar-refractivity contribution >= 4 is 11.8 Å². The second-order valence-corrected chi connectivity index (χ2v) is 2.84. The lowest BCUT2D eigenvalue weighted by molar-refractivity contribution is 0.483. The summed E-state index contributed by atoms with van der Waals surface area (Å²) in [6, 6.07) is 7.88. The summed E-state index contributed by atoms with van der Waals surface area (Å²) < 4.78 is 5.06. The summed E-state index contributed by atoms with van der Waals surface area (Å²) in [5, 5.41) is 0. The minimum Gasteiger partial charge on any atom is -0.466 e. The van der Waals surface area contributed by atoms with E-state index in [1.54, 1.807) is 11.8 Å². The SMILES string of the molecule is C=COc1ccc(SC)cc1. The molecule has 0 amide bonds. The smallest absolute Gasteiger partial charge is 0.126 e. The summed E-state index contributed by atoms with van der Waals surface area (Å²) >= 11 is 1.71. The molecule has 0 fully saturated rings. The van der Waals surface area contributed by atoms with E-state index in [1.165, 1.54) is 11.2 Å². The zero-order chi connectivity index (χ0) is 8.10. The van der Waals surface area contributed by atoms with E-state index in [1.807, 2.05) is 30.5 Å². The maximum atomic E-state index is 5.06. The van der Waals surface area contributed by atoms with Gasteiger partial charge in [0.1, 0.15) is 5.75 Å². The number of rotatable bonds is 3. The van der Waals surface area contributed by atoms with Gasteiger partial charge in [0.25, 0.3) is 0 Å². The van der Waals surface area contributed by atoms with E-state index < -0.39 is 0 Å². The first-order valence-corrected chi connectivity index (χ1v) is 4.51. The van der Waals surface area contributed by atoms with Gasteiger partial charge < -0.3 is 4.74 Å². The van der Waals surface area contributed by atoms with Crippen molar-refractivity contribution in [2.45, 2.75) is 4.90 Å². The summed E-state index contributed by atoms with van der Waals surface area (Å²) in [5.74, 6) is 0.831. The van der Waals surface area contributed by atoms with Crippen molar-refractivity contribution in [1.29, 1.82) is 0 Å². The van der Waals surface area contributed by atoms with Crippen molar-refractivity contribution in [1.82, 2.24) is 0 Å². The molecular formula is C9H10OS. The predicted molar refractivity (Wildman–Crippen MR) is 49.0 cm³/mol. The Kier molecular flexibility index (Phi) is 3.05. The van der Waals surface area contributed by atoms with Crippen LogP contribution in [0, 0.1) is 0 Å². The molecule has 0 spiro atoms. The van der Waals surface area contributed by atoms with Crippen molar-refractivity contribution in [2.75, 3.05) is 6.26 Å². The molecule has 0 atom stereocenters. The lowest BCUT2D eigenvalue weighted by Gasteiger charge is -1.99. The highest BCUT2D eigenvalue weighted by Crippen LogP contribution is 2.18. The van der Waals surface area contributed by atoms with Gasteiger partial charge in [-0.15, -0.1) is 11.8 Å². The lowest BCUT2D eigenvalue weighted by Crippen LogP contribution is -1.79. The van der Waals surface area contributed by atoms with Crippen molar-refractivity contribution in [3.05, 3.63) is 37.1 Å². The molecule has 1 rings (SSSR count). The number of benzene rings is 1. The van der Waals surface area contributed by atoms with Gasteiger partial charge in [0.15, 0.2) is 0 Å². The highest BCUT2D eigenvalue weighted by atomic mass is 32.2. The fourth-order valence-electron chi connectivity index (χ4n) is 0.751. The van der Waals surface area contributed by atoms with E-state index >= 15 is 0 Å². The second-order valence-electron chi connectivity index (χ2n) is 1.96. The molecule has 0 N–H and O–H groups in total. The molecule has 0 aliphatic heterocycles. The molecule has 1 nitrogen and oxygen atoms in total. The topological polar surface area (TPSA) is 9.23 Å². The summed E-state index contributed by atoms with van der Waals surface area (Å²) in [7, 11) is 0. The van der Waals surface area contributed by atoms with Gasteiger partial charge in [-0.3, -0.25) is 0 Å². The Balaban J connectivity index is 2.74. The number of hydrogen-bond donors (Lipinski definition) is 0. The van der Waals surface area contributed by atoms with Gasteiger partial charge in [-0.2, -0.15) is 0 Å². The molecule has 0 aliphatic carbocycles. The van der Waals surface area contributed by atoms with Gasteiger partial charge >= 0.3 is 0 Å². The zero-order valence-corrected chi connectivity index (χ0v) is 7.23. The quantitative estimate of drug-likeness (QED) is 0.504. The highest BCUT2D eigenvalue weighted by Gasteiger charge is 1.90. The lowest BCUT2D eigenvalue weighted by atomic mass is 10.3. The molecule has 0 unspecified atom stereocenters. The maximum absolute atomic E-state index is 5.06. The average molecular weight is 166 g/mol. The molecule has 1 aromatic carbocycles. The molecule has 2 heteroatoms. The molecule has 0 radical (unpaired) electrons.